The molecule has 304 valence electrons. The third kappa shape index (κ3) is 40.9. The van der Waals surface area contributed by atoms with Gasteiger partial charge in [-0.2, -0.15) is 0 Å². The standard InChI is InChI=1S/C47H86O5/c1-3-5-7-9-11-13-15-17-19-21-22-23-24-26-27-29-31-33-35-37-39-41-46(49)51-44-45(43-48)52-47(50)42-40-38-36-34-32-30-28-25-20-18-16-14-12-10-8-6-4-2/h12,14,18,20,28,30,45,48H,3-11,13,15-17,19,21-27,29,31-44H2,1-2H3. The number of aliphatic hydroxyl groups is 1. The van der Waals surface area contributed by atoms with E-state index in [0.717, 1.165) is 64.2 Å². The van der Waals surface area contributed by atoms with Gasteiger partial charge in [0.25, 0.3) is 0 Å². The number of esters is 2. The maximum Gasteiger partial charge on any atom is 0.306 e. The van der Waals surface area contributed by atoms with Gasteiger partial charge in [-0.3, -0.25) is 9.59 Å². The van der Waals surface area contributed by atoms with E-state index in [1.54, 1.807) is 0 Å². The summed E-state index contributed by atoms with van der Waals surface area (Å²) in [7, 11) is 0. The number of carbonyl (C=O) groups excluding carboxylic acids is 2. The molecule has 0 radical (unpaired) electrons. The molecule has 1 unspecified atom stereocenters. The Labute approximate surface area is 323 Å². The Balaban J connectivity index is 3.52. The monoisotopic (exact) mass is 731 g/mol. The van der Waals surface area contributed by atoms with E-state index in [1.165, 1.54) is 141 Å². The Morgan fingerprint density at radius 1 is 0.442 bits per heavy atom. The molecule has 5 heteroatoms. The zero-order valence-corrected chi connectivity index (χ0v) is 34.6. The molecule has 0 bridgehead atoms. The zero-order chi connectivity index (χ0) is 37.8. The van der Waals surface area contributed by atoms with Crippen LogP contribution < -0.4 is 0 Å². The van der Waals surface area contributed by atoms with Gasteiger partial charge < -0.3 is 14.6 Å². The second kappa shape index (κ2) is 43.5. The van der Waals surface area contributed by atoms with Crippen molar-refractivity contribution in [3.63, 3.8) is 0 Å². The van der Waals surface area contributed by atoms with Crippen molar-refractivity contribution in [3.05, 3.63) is 36.5 Å². The topological polar surface area (TPSA) is 72.8 Å². The molecule has 1 N–H and O–H groups in total. The molecule has 0 aliphatic carbocycles. The average molecular weight is 731 g/mol. The summed E-state index contributed by atoms with van der Waals surface area (Å²) in [5.41, 5.74) is 0. The summed E-state index contributed by atoms with van der Waals surface area (Å²) >= 11 is 0. The number of rotatable bonds is 41. The lowest BCUT2D eigenvalue weighted by molar-refractivity contribution is -0.161. The van der Waals surface area contributed by atoms with E-state index >= 15 is 0 Å². The first-order valence-electron chi connectivity index (χ1n) is 22.5. The van der Waals surface area contributed by atoms with E-state index in [0.29, 0.717) is 12.8 Å². The van der Waals surface area contributed by atoms with Crippen molar-refractivity contribution < 1.29 is 24.2 Å². The minimum atomic E-state index is -0.780. The fourth-order valence-electron chi connectivity index (χ4n) is 6.50. The number of carbonyl (C=O) groups is 2. The normalized spacial score (nSPS) is 12.4. The van der Waals surface area contributed by atoms with Crippen molar-refractivity contribution in [2.75, 3.05) is 13.2 Å². The molecule has 5 nitrogen and oxygen atoms in total. The largest absolute Gasteiger partial charge is 0.462 e. The van der Waals surface area contributed by atoms with Gasteiger partial charge in [-0.1, -0.05) is 204 Å². The number of hydrogen-bond donors (Lipinski definition) is 1. The quantitative estimate of drug-likeness (QED) is 0.0385. The van der Waals surface area contributed by atoms with Gasteiger partial charge in [-0.25, -0.2) is 0 Å². The van der Waals surface area contributed by atoms with Crippen molar-refractivity contribution in [1.29, 1.82) is 0 Å². The summed E-state index contributed by atoms with van der Waals surface area (Å²) in [5.74, 6) is -0.607. The van der Waals surface area contributed by atoms with Crippen LogP contribution in [0.25, 0.3) is 0 Å². The molecule has 0 saturated carbocycles. The van der Waals surface area contributed by atoms with E-state index in [-0.39, 0.29) is 25.2 Å². The Hall–Kier alpha value is -1.88. The highest BCUT2D eigenvalue weighted by Crippen LogP contribution is 2.16. The van der Waals surface area contributed by atoms with Crippen LogP contribution in [0.15, 0.2) is 36.5 Å². The van der Waals surface area contributed by atoms with Gasteiger partial charge >= 0.3 is 11.9 Å². The fourth-order valence-corrected chi connectivity index (χ4v) is 6.50. The van der Waals surface area contributed by atoms with Crippen LogP contribution in [0.2, 0.25) is 0 Å². The van der Waals surface area contributed by atoms with Crippen molar-refractivity contribution in [3.8, 4) is 0 Å². The minimum Gasteiger partial charge on any atom is -0.462 e. The lowest BCUT2D eigenvalue weighted by Crippen LogP contribution is -2.28. The minimum absolute atomic E-state index is 0.0718. The van der Waals surface area contributed by atoms with Crippen molar-refractivity contribution in [2.24, 2.45) is 0 Å². The molecule has 0 heterocycles. The first-order chi connectivity index (χ1) is 25.6. The fraction of sp³-hybridized carbons (Fsp3) is 0.830. The second-order valence-electron chi connectivity index (χ2n) is 15.1. The van der Waals surface area contributed by atoms with E-state index in [9.17, 15) is 14.7 Å². The van der Waals surface area contributed by atoms with Gasteiger partial charge in [-0.05, 0) is 51.4 Å². The molecule has 0 aromatic rings. The molecular weight excluding hydrogens is 645 g/mol. The highest BCUT2D eigenvalue weighted by Gasteiger charge is 2.16. The summed E-state index contributed by atoms with van der Waals surface area (Å²) in [6.45, 7) is 4.11. The Bertz CT molecular complexity index is 832. The first kappa shape index (κ1) is 50.1. The maximum atomic E-state index is 12.2. The third-order valence-corrected chi connectivity index (χ3v) is 9.94. The van der Waals surface area contributed by atoms with Gasteiger partial charge in [0.15, 0.2) is 6.10 Å². The Morgan fingerprint density at radius 2 is 0.769 bits per heavy atom. The summed E-state index contributed by atoms with van der Waals surface area (Å²) in [5, 5.41) is 9.58. The van der Waals surface area contributed by atoms with Crippen LogP contribution in [0.5, 0.6) is 0 Å². The van der Waals surface area contributed by atoms with Gasteiger partial charge in [0, 0.05) is 12.8 Å². The second-order valence-corrected chi connectivity index (χ2v) is 15.1. The molecule has 52 heavy (non-hydrogen) atoms. The van der Waals surface area contributed by atoms with Crippen LogP contribution >= 0.6 is 0 Å². The molecule has 0 fully saturated rings. The Kier molecular flexibility index (Phi) is 42.0. The highest BCUT2D eigenvalue weighted by atomic mass is 16.6. The van der Waals surface area contributed by atoms with E-state index in [1.807, 2.05) is 0 Å². The molecule has 0 aromatic heterocycles. The van der Waals surface area contributed by atoms with Crippen LogP contribution in [0, 0.1) is 0 Å². The number of hydrogen-bond acceptors (Lipinski definition) is 5. The van der Waals surface area contributed by atoms with Crippen LogP contribution in [0.4, 0.5) is 0 Å². The molecule has 0 spiro atoms. The molecule has 0 aliphatic heterocycles. The molecule has 1 atom stereocenters. The highest BCUT2D eigenvalue weighted by molar-refractivity contribution is 5.70. The zero-order valence-electron chi connectivity index (χ0n) is 34.6. The summed E-state index contributed by atoms with van der Waals surface area (Å²) < 4.78 is 10.6. The number of ether oxygens (including phenoxy) is 2. The van der Waals surface area contributed by atoms with E-state index in [2.05, 4.69) is 50.3 Å². The first-order valence-corrected chi connectivity index (χ1v) is 22.5. The van der Waals surface area contributed by atoms with Crippen LogP contribution in [-0.4, -0.2) is 36.4 Å². The average Bonchev–Trinajstić information content (AvgIpc) is 3.15. The van der Waals surface area contributed by atoms with Crippen molar-refractivity contribution >= 4 is 11.9 Å². The molecular formula is C47H86O5. The molecule has 0 rings (SSSR count). The summed E-state index contributed by atoms with van der Waals surface area (Å²) in [4.78, 5) is 24.3. The maximum absolute atomic E-state index is 12.2. The van der Waals surface area contributed by atoms with Gasteiger partial charge in [0.1, 0.15) is 6.61 Å². The summed E-state index contributed by atoms with van der Waals surface area (Å²) in [6, 6.07) is 0. The van der Waals surface area contributed by atoms with E-state index in [4.69, 9.17) is 9.47 Å². The predicted octanol–water partition coefficient (Wildman–Crippen LogP) is 14.4. The van der Waals surface area contributed by atoms with Crippen molar-refractivity contribution in [1.82, 2.24) is 0 Å². The van der Waals surface area contributed by atoms with Gasteiger partial charge in [0.2, 0.25) is 0 Å². The SMILES string of the molecule is CCCCCC=CCC=CCC=CCCCCCCC(=O)OC(CO)COC(=O)CCCCCCCCCCCCCCCCCCCCCCC. The van der Waals surface area contributed by atoms with Gasteiger partial charge in [-0.15, -0.1) is 0 Å². The predicted molar refractivity (Wildman–Crippen MR) is 224 cm³/mol. The molecule has 0 amide bonds. The third-order valence-electron chi connectivity index (χ3n) is 9.94. The number of allylic oxidation sites excluding steroid dienone is 6. The lowest BCUT2D eigenvalue weighted by atomic mass is 10.0. The van der Waals surface area contributed by atoms with Crippen LogP contribution in [-0.2, 0) is 19.1 Å². The Morgan fingerprint density at radius 3 is 1.19 bits per heavy atom. The van der Waals surface area contributed by atoms with Crippen LogP contribution in [0.3, 0.4) is 0 Å². The smallest absolute Gasteiger partial charge is 0.306 e. The lowest BCUT2D eigenvalue weighted by Gasteiger charge is -2.15. The molecule has 0 aliphatic rings. The van der Waals surface area contributed by atoms with E-state index < -0.39 is 6.10 Å². The molecule has 0 aromatic carbocycles. The molecule has 0 saturated heterocycles. The van der Waals surface area contributed by atoms with Crippen molar-refractivity contribution in [2.45, 2.75) is 238 Å². The van der Waals surface area contributed by atoms with Crippen LogP contribution in [0.1, 0.15) is 232 Å². The number of unbranched alkanes of at least 4 members (excludes halogenated alkanes) is 27. The number of aliphatic hydroxyl groups excluding tert-OH is 1. The summed E-state index contributed by atoms with van der Waals surface area (Å²) in [6.07, 6.45) is 53.6. The van der Waals surface area contributed by atoms with Gasteiger partial charge in [0.05, 0.1) is 6.61 Å².